The van der Waals surface area contributed by atoms with Crippen molar-refractivity contribution in [2.75, 3.05) is 6.61 Å². The van der Waals surface area contributed by atoms with Crippen LogP contribution in [-0.2, 0) is 6.61 Å². The lowest BCUT2D eigenvalue weighted by atomic mass is 10.1. The maximum atomic E-state index is 13.0. The van der Waals surface area contributed by atoms with Gasteiger partial charge in [-0.05, 0) is 23.6 Å². The summed E-state index contributed by atoms with van der Waals surface area (Å²) in [5.41, 5.74) is 0.536. The van der Waals surface area contributed by atoms with E-state index in [-0.39, 0.29) is 12.4 Å². The van der Waals surface area contributed by atoms with Crippen LogP contribution in [0.25, 0.3) is 0 Å². The van der Waals surface area contributed by atoms with Crippen molar-refractivity contribution >= 4 is 0 Å². The Morgan fingerprint density at radius 1 is 1.40 bits per heavy atom. The van der Waals surface area contributed by atoms with Crippen LogP contribution in [0.4, 0.5) is 4.39 Å². The molecule has 0 aromatic heterocycles. The predicted octanol–water partition coefficient (Wildman–Crippen LogP) is 2.74. The summed E-state index contributed by atoms with van der Waals surface area (Å²) in [6, 6.07) is 4.29. The summed E-state index contributed by atoms with van der Waals surface area (Å²) in [5.74, 6) is 0.561. The quantitative estimate of drug-likeness (QED) is 0.813. The third-order valence-corrected chi connectivity index (χ3v) is 2.35. The second-order valence-electron chi connectivity index (χ2n) is 3.78. The number of ether oxygens (including phenoxy) is 1. The molecule has 0 saturated carbocycles. The summed E-state index contributed by atoms with van der Waals surface area (Å²) in [6.07, 6.45) is 1.03. The van der Waals surface area contributed by atoms with E-state index in [1.165, 1.54) is 12.1 Å². The minimum Gasteiger partial charge on any atom is -0.493 e. The average molecular weight is 212 g/mol. The van der Waals surface area contributed by atoms with Crippen molar-refractivity contribution in [2.24, 2.45) is 5.92 Å². The molecule has 0 heterocycles. The van der Waals surface area contributed by atoms with Gasteiger partial charge in [0.05, 0.1) is 13.2 Å². The number of halogens is 1. The molecule has 0 aliphatic rings. The van der Waals surface area contributed by atoms with Gasteiger partial charge in [-0.1, -0.05) is 20.3 Å². The lowest BCUT2D eigenvalue weighted by molar-refractivity contribution is 0.252. The molecule has 0 radical (unpaired) electrons. The van der Waals surface area contributed by atoms with E-state index in [9.17, 15) is 4.39 Å². The van der Waals surface area contributed by atoms with Gasteiger partial charge in [0, 0.05) is 6.07 Å². The molecule has 1 atom stereocenters. The van der Waals surface area contributed by atoms with E-state index in [4.69, 9.17) is 9.84 Å². The van der Waals surface area contributed by atoms with Crippen LogP contribution < -0.4 is 4.74 Å². The van der Waals surface area contributed by atoms with Crippen molar-refractivity contribution in [3.05, 3.63) is 29.6 Å². The normalized spacial score (nSPS) is 12.5. The number of hydrogen-bond donors (Lipinski definition) is 1. The molecule has 0 spiro atoms. The molecule has 0 saturated heterocycles. The predicted molar refractivity (Wildman–Crippen MR) is 57.3 cm³/mol. The number of hydrogen-bond acceptors (Lipinski definition) is 2. The minimum atomic E-state index is -0.374. The molecule has 1 rings (SSSR count). The van der Waals surface area contributed by atoms with Crippen molar-refractivity contribution in [1.82, 2.24) is 0 Å². The lowest BCUT2D eigenvalue weighted by Gasteiger charge is -2.11. The highest BCUT2D eigenvalue weighted by molar-refractivity contribution is 5.29. The van der Waals surface area contributed by atoms with Crippen LogP contribution in [0.15, 0.2) is 18.2 Å². The van der Waals surface area contributed by atoms with Crippen molar-refractivity contribution in [1.29, 1.82) is 0 Å². The van der Waals surface area contributed by atoms with Gasteiger partial charge in [0.15, 0.2) is 0 Å². The van der Waals surface area contributed by atoms with Crippen LogP contribution in [0.5, 0.6) is 5.75 Å². The van der Waals surface area contributed by atoms with E-state index in [0.717, 1.165) is 6.42 Å². The molecule has 0 fully saturated rings. The molecule has 1 unspecified atom stereocenters. The molecule has 2 nitrogen and oxygen atoms in total. The highest BCUT2D eigenvalue weighted by Gasteiger charge is 2.03. The first-order valence-corrected chi connectivity index (χ1v) is 5.18. The van der Waals surface area contributed by atoms with Gasteiger partial charge in [0.25, 0.3) is 0 Å². The largest absolute Gasteiger partial charge is 0.493 e. The number of benzene rings is 1. The van der Waals surface area contributed by atoms with Gasteiger partial charge in [-0.3, -0.25) is 0 Å². The maximum absolute atomic E-state index is 13.0. The number of rotatable bonds is 5. The number of aliphatic hydroxyl groups excluding tert-OH is 1. The molecule has 15 heavy (non-hydrogen) atoms. The van der Waals surface area contributed by atoms with Crippen LogP contribution >= 0.6 is 0 Å². The molecule has 0 bridgehead atoms. The molecular weight excluding hydrogens is 195 g/mol. The Morgan fingerprint density at radius 2 is 2.13 bits per heavy atom. The first kappa shape index (κ1) is 12.0. The van der Waals surface area contributed by atoms with E-state index in [2.05, 4.69) is 13.8 Å². The Labute approximate surface area is 89.7 Å². The van der Waals surface area contributed by atoms with E-state index in [0.29, 0.717) is 23.8 Å². The van der Waals surface area contributed by atoms with Gasteiger partial charge in [-0.2, -0.15) is 0 Å². The summed E-state index contributed by atoms with van der Waals surface area (Å²) in [6.45, 7) is 4.56. The van der Waals surface area contributed by atoms with Gasteiger partial charge in [-0.25, -0.2) is 4.39 Å². The summed E-state index contributed by atoms with van der Waals surface area (Å²) < 4.78 is 18.5. The fourth-order valence-electron chi connectivity index (χ4n) is 1.15. The third-order valence-electron chi connectivity index (χ3n) is 2.35. The van der Waals surface area contributed by atoms with E-state index >= 15 is 0 Å². The minimum absolute atomic E-state index is 0.169. The fourth-order valence-corrected chi connectivity index (χ4v) is 1.15. The molecule has 3 heteroatoms. The van der Waals surface area contributed by atoms with E-state index in [1.54, 1.807) is 6.07 Å². The Balaban J connectivity index is 2.64. The second-order valence-corrected chi connectivity index (χ2v) is 3.78. The second kappa shape index (κ2) is 5.71. The first-order chi connectivity index (χ1) is 7.15. The highest BCUT2D eigenvalue weighted by Crippen LogP contribution is 2.17. The molecule has 0 aliphatic heterocycles. The molecule has 1 aromatic rings. The van der Waals surface area contributed by atoms with Crippen molar-refractivity contribution in [3.8, 4) is 5.75 Å². The Kier molecular flexibility index (Phi) is 4.56. The van der Waals surface area contributed by atoms with Gasteiger partial charge in [0.2, 0.25) is 0 Å². The summed E-state index contributed by atoms with van der Waals surface area (Å²) in [5, 5.41) is 8.89. The topological polar surface area (TPSA) is 29.5 Å². The smallest absolute Gasteiger partial charge is 0.127 e. The Hall–Kier alpha value is -1.09. The lowest BCUT2D eigenvalue weighted by Crippen LogP contribution is -2.07. The fraction of sp³-hybridized carbons (Fsp3) is 0.500. The SMILES string of the molecule is CCC(C)COc1cc(F)cc(CO)c1. The van der Waals surface area contributed by atoms with Gasteiger partial charge >= 0.3 is 0 Å². The van der Waals surface area contributed by atoms with E-state index < -0.39 is 0 Å². The first-order valence-electron chi connectivity index (χ1n) is 5.18. The molecule has 1 N–H and O–H groups in total. The zero-order valence-electron chi connectivity index (χ0n) is 9.16. The molecule has 1 aromatic carbocycles. The summed E-state index contributed by atoms with van der Waals surface area (Å²) in [7, 11) is 0. The van der Waals surface area contributed by atoms with Crippen LogP contribution in [0.1, 0.15) is 25.8 Å². The molecule has 84 valence electrons. The van der Waals surface area contributed by atoms with Crippen molar-refractivity contribution in [3.63, 3.8) is 0 Å². The Morgan fingerprint density at radius 3 is 2.73 bits per heavy atom. The zero-order chi connectivity index (χ0) is 11.3. The number of aliphatic hydroxyl groups is 1. The van der Waals surface area contributed by atoms with Crippen LogP contribution in [0.2, 0.25) is 0 Å². The molecular formula is C12H17FO2. The highest BCUT2D eigenvalue weighted by atomic mass is 19.1. The standard InChI is InChI=1S/C12H17FO2/c1-3-9(2)8-15-12-5-10(7-14)4-11(13)6-12/h4-6,9,14H,3,7-8H2,1-2H3. The van der Waals surface area contributed by atoms with Crippen molar-refractivity contribution in [2.45, 2.75) is 26.9 Å². The maximum Gasteiger partial charge on any atom is 0.127 e. The van der Waals surface area contributed by atoms with Crippen LogP contribution in [0.3, 0.4) is 0 Å². The van der Waals surface area contributed by atoms with Gasteiger partial charge in [-0.15, -0.1) is 0 Å². The van der Waals surface area contributed by atoms with Gasteiger partial charge in [0.1, 0.15) is 11.6 Å². The summed E-state index contributed by atoms with van der Waals surface area (Å²) >= 11 is 0. The van der Waals surface area contributed by atoms with Crippen molar-refractivity contribution < 1.29 is 14.2 Å². The molecule has 0 aliphatic carbocycles. The monoisotopic (exact) mass is 212 g/mol. The average Bonchev–Trinajstić information content (AvgIpc) is 2.25. The summed E-state index contributed by atoms with van der Waals surface area (Å²) in [4.78, 5) is 0. The molecule has 0 amide bonds. The van der Waals surface area contributed by atoms with E-state index in [1.807, 2.05) is 0 Å². The Bertz CT molecular complexity index is 312. The van der Waals surface area contributed by atoms with Gasteiger partial charge < -0.3 is 9.84 Å². The zero-order valence-corrected chi connectivity index (χ0v) is 9.16. The van der Waals surface area contributed by atoms with Crippen LogP contribution in [-0.4, -0.2) is 11.7 Å². The third kappa shape index (κ3) is 3.88. The van der Waals surface area contributed by atoms with Crippen LogP contribution in [0, 0.1) is 11.7 Å².